The van der Waals surface area contributed by atoms with Gasteiger partial charge < -0.3 is 5.32 Å². The molecule has 5 nitrogen and oxygen atoms in total. The highest BCUT2D eigenvalue weighted by atomic mass is 32.2. The van der Waals surface area contributed by atoms with Crippen LogP contribution in [0.25, 0.3) is 5.69 Å². The second kappa shape index (κ2) is 8.44. The van der Waals surface area contributed by atoms with E-state index in [1.807, 2.05) is 70.2 Å². The molecule has 0 saturated heterocycles. The zero-order chi connectivity index (χ0) is 20.3. The Morgan fingerprint density at radius 2 is 1.82 bits per heavy atom. The van der Waals surface area contributed by atoms with Gasteiger partial charge in [-0.1, -0.05) is 30.0 Å². The van der Waals surface area contributed by atoms with Gasteiger partial charge in [-0.05, 0) is 74.7 Å². The molecular formula is C22H23N3O2S. The van der Waals surface area contributed by atoms with Crippen molar-refractivity contribution in [3.63, 3.8) is 0 Å². The molecule has 1 heterocycles. The molecule has 1 aromatic heterocycles. The molecule has 0 saturated carbocycles. The fraction of sp³-hybridized carbons (Fsp3) is 0.227. The summed E-state index contributed by atoms with van der Waals surface area (Å²) in [4.78, 5) is 24.8. The van der Waals surface area contributed by atoms with Crippen LogP contribution >= 0.6 is 11.8 Å². The molecule has 0 unspecified atom stereocenters. The zero-order valence-electron chi connectivity index (χ0n) is 16.4. The molecule has 3 aromatic rings. The van der Waals surface area contributed by atoms with Gasteiger partial charge in [0.2, 0.25) is 5.91 Å². The van der Waals surface area contributed by atoms with Crippen LogP contribution in [-0.2, 0) is 4.79 Å². The Bertz CT molecular complexity index is 1080. The number of nitrogens with one attached hydrogen (secondary N) is 1. The smallest absolute Gasteiger partial charge is 0.271 e. The van der Waals surface area contributed by atoms with Crippen LogP contribution in [0.3, 0.4) is 0 Å². The zero-order valence-corrected chi connectivity index (χ0v) is 17.2. The van der Waals surface area contributed by atoms with Gasteiger partial charge in [-0.25, -0.2) is 0 Å². The normalized spacial score (nSPS) is 11.9. The van der Waals surface area contributed by atoms with Gasteiger partial charge >= 0.3 is 0 Å². The summed E-state index contributed by atoms with van der Waals surface area (Å²) in [6.45, 7) is 7.83. The Morgan fingerprint density at radius 3 is 2.54 bits per heavy atom. The number of carbonyl (C=O) groups excluding carboxylic acids is 1. The maximum absolute atomic E-state index is 12.5. The van der Waals surface area contributed by atoms with Crippen LogP contribution in [0, 0.1) is 20.8 Å². The molecule has 6 heteroatoms. The third-order valence-corrected chi connectivity index (χ3v) is 5.49. The van der Waals surface area contributed by atoms with Crippen molar-refractivity contribution in [2.75, 3.05) is 5.32 Å². The molecule has 0 spiro atoms. The number of benzene rings is 2. The molecule has 1 N–H and O–H groups in total. The molecule has 0 fully saturated rings. The molecule has 28 heavy (non-hydrogen) atoms. The summed E-state index contributed by atoms with van der Waals surface area (Å²) >= 11 is 1.32. The van der Waals surface area contributed by atoms with Gasteiger partial charge in [-0.2, -0.15) is 9.78 Å². The first-order chi connectivity index (χ1) is 13.3. The summed E-state index contributed by atoms with van der Waals surface area (Å²) in [7, 11) is 0. The minimum absolute atomic E-state index is 0.110. The average molecular weight is 394 g/mol. The predicted molar refractivity (Wildman–Crippen MR) is 114 cm³/mol. The monoisotopic (exact) mass is 393 g/mol. The fourth-order valence-electron chi connectivity index (χ4n) is 2.70. The van der Waals surface area contributed by atoms with Crippen LogP contribution < -0.4 is 10.9 Å². The summed E-state index contributed by atoms with van der Waals surface area (Å²) < 4.78 is 1.37. The summed E-state index contributed by atoms with van der Waals surface area (Å²) in [5, 5.41) is 7.62. The second-order valence-corrected chi connectivity index (χ2v) is 8.17. The molecule has 0 radical (unpaired) electrons. The standard InChI is InChI=1S/C22H23N3O2S/c1-14-6-5-7-18(12-14)23-22(27)17(4)28-20-10-11-21(26)25(24-20)19-9-8-15(2)16(3)13-19/h5-13,17H,1-4H3,(H,23,27)/t17-/m1/s1. The molecule has 0 bridgehead atoms. The molecule has 2 aromatic carbocycles. The van der Waals surface area contributed by atoms with E-state index in [9.17, 15) is 9.59 Å². The van der Waals surface area contributed by atoms with Crippen molar-refractivity contribution in [2.45, 2.75) is 38.0 Å². The van der Waals surface area contributed by atoms with Crippen LogP contribution in [0.5, 0.6) is 0 Å². The number of carbonyl (C=O) groups is 1. The van der Waals surface area contributed by atoms with Gasteiger partial charge in [0.25, 0.3) is 5.56 Å². The summed E-state index contributed by atoms with van der Waals surface area (Å²) in [6.07, 6.45) is 0. The van der Waals surface area contributed by atoms with Crippen molar-refractivity contribution in [3.05, 3.63) is 81.6 Å². The Morgan fingerprint density at radius 1 is 1.04 bits per heavy atom. The number of anilines is 1. The number of rotatable bonds is 5. The van der Waals surface area contributed by atoms with Gasteiger partial charge in [0.1, 0.15) is 5.03 Å². The lowest BCUT2D eigenvalue weighted by Gasteiger charge is -2.13. The molecule has 144 valence electrons. The van der Waals surface area contributed by atoms with Gasteiger partial charge in [0, 0.05) is 11.8 Å². The van der Waals surface area contributed by atoms with Crippen LogP contribution in [-0.4, -0.2) is 20.9 Å². The van der Waals surface area contributed by atoms with Crippen molar-refractivity contribution in [2.24, 2.45) is 0 Å². The third-order valence-electron chi connectivity index (χ3n) is 4.46. The Balaban J connectivity index is 1.77. The number of aryl methyl sites for hydroxylation is 3. The maximum Gasteiger partial charge on any atom is 0.271 e. The van der Waals surface area contributed by atoms with E-state index in [2.05, 4.69) is 10.4 Å². The Labute approximate surface area is 168 Å². The lowest BCUT2D eigenvalue weighted by atomic mass is 10.1. The van der Waals surface area contributed by atoms with Gasteiger partial charge in [-0.3, -0.25) is 9.59 Å². The van der Waals surface area contributed by atoms with E-state index >= 15 is 0 Å². The first kappa shape index (κ1) is 19.9. The first-order valence-corrected chi connectivity index (χ1v) is 9.93. The highest BCUT2D eigenvalue weighted by Gasteiger charge is 2.16. The summed E-state index contributed by atoms with van der Waals surface area (Å²) in [5.74, 6) is -0.110. The van der Waals surface area contributed by atoms with Crippen molar-refractivity contribution in [1.82, 2.24) is 9.78 Å². The largest absolute Gasteiger partial charge is 0.325 e. The lowest BCUT2D eigenvalue weighted by molar-refractivity contribution is -0.115. The van der Waals surface area contributed by atoms with E-state index < -0.39 is 0 Å². The molecule has 1 amide bonds. The average Bonchev–Trinajstić information content (AvgIpc) is 2.65. The van der Waals surface area contributed by atoms with E-state index in [4.69, 9.17) is 0 Å². The van der Waals surface area contributed by atoms with Crippen molar-refractivity contribution < 1.29 is 4.79 Å². The number of aromatic nitrogens is 2. The summed E-state index contributed by atoms with van der Waals surface area (Å²) in [6, 6.07) is 16.6. The number of hydrogen-bond donors (Lipinski definition) is 1. The van der Waals surface area contributed by atoms with Gasteiger partial charge in [0.15, 0.2) is 0 Å². The minimum Gasteiger partial charge on any atom is -0.325 e. The fourth-order valence-corrected chi connectivity index (χ4v) is 3.50. The Hall–Kier alpha value is -2.86. The topological polar surface area (TPSA) is 64.0 Å². The maximum atomic E-state index is 12.5. The molecule has 0 aliphatic rings. The molecular weight excluding hydrogens is 370 g/mol. The number of thioether (sulfide) groups is 1. The quantitative estimate of drug-likeness (QED) is 0.657. The molecule has 1 atom stereocenters. The van der Waals surface area contributed by atoms with E-state index in [0.29, 0.717) is 10.7 Å². The highest BCUT2D eigenvalue weighted by Crippen LogP contribution is 2.22. The van der Waals surface area contributed by atoms with Crippen molar-refractivity contribution in [3.8, 4) is 5.69 Å². The molecule has 0 aliphatic heterocycles. The van der Waals surface area contributed by atoms with E-state index in [-0.39, 0.29) is 16.7 Å². The molecule has 3 rings (SSSR count). The van der Waals surface area contributed by atoms with Crippen molar-refractivity contribution in [1.29, 1.82) is 0 Å². The number of nitrogens with zero attached hydrogens (tertiary/aromatic N) is 2. The third kappa shape index (κ3) is 4.70. The van der Waals surface area contributed by atoms with E-state index in [1.54, 1.807) is 6.07 Å². The van der Waals surface area contributed by atoms with E-state index in [0.717, 1.165) is 22.4 Å². The van der Waals surface area contributed by atoms with Gasteiger partial charge in [0.05, 0.1) is 10.9 Å². The van der Waals surface area contributed by atoms with Gasteiger partial charge in [-0.15, -0.1) is 0 Å². The highest BCUT2D eigenvalue weighted by molar-refractivity contribution is 8.00. The van der Waals surface area contributed by atoms with Crippen LogP contribution in [0.15, 0.2) is 64.4 Å². The van der Waals surface area contributed by atoms with Crippen LogP contribution in [0.2, 0.25) is 0 Å². The SMILES string of the molecule is Cc1cccc(NC(=O)[C@@H](C)Sc2ccc(=O)n(-c3ccc(C)c(C)c3)n2)c1. The minimum atomic E-state index is -0.362. The van der Waals surface area contributed by atoms with Crippen molar-refractivity contribution >= 4 is 23.4 Å². The number of hydrogen-bond acceptors (Lipinski definition) is 4. The van der Waals surface area contributed by atoms with Crippen LogP contribution in [0.4, 0.5) is 5.69 Å². The first-order valence-electron chi connectivity index (χ1n) is 9.06. The second-order valence-electron chi connectivity index (χ2n) is 6.81. The predicted octanol–water partition coefficient (Wildman–Crippen LogP) is 4.28. The van der Waals surface area contributed by atoms with E-state index in [1.165, 1.54) is 22.5 Å². The van der Waals surface area contributed by atoms with Crippen LogP contribution in [0.1, 0.15) is 23.6 Å². The Kier molecular flexibility index (Phi) is 5.99. The lowest BCUT2D eigenvalue weighted by Crippen LogP contribution is -2.24. The summed E-state index contributed by atoms with van der Waals surface area (Å²) in [5.41, 5.74) is 4.61. The number of amides is 1. The molecule has 0 aliphatic carbocycles.